The Labute approximate surface area is 96.8 Å². The van der Waals surface area contributed by atoms with Gasteiger partial charge >= 0.3 is 0 Å². The molecule has 2 atom stereocenters. The number of anilines is 1. The molecule has 2 rings (SSSR count). The number of aryl methyl sites for hydroxylation is 1. The second-order valence-corrected chi connectivity index (χ2v) is 5.09. The maximum atomic E-state index is 5.97. The second kappa shape index (κ2) is 4.44. The molecule has 1 aliphatic rings. The van der Waals surface area contributed by atoms with Gasteiger partial charge in [-0.15, -0.1) is 0 Å². The van der Waals surface area contributed by atoms with Gasteiger partial charge in [0, 0.05) is 17.3 Å². The number of benzene rings is 1. The van der Waals surface area contributed by atoms with Crippen LogP contribution in [0.15, 0.2) is 18.2 Å². The summed E-state index contributed by atoms with van der Waals surface area (Å²) in [5.74, 6) is 1.74. The zero-order valence-electron chi connectivity index (χ0n) is 9.39. The Balaban J connectivity index is 1.95. The average Bonchev–Trinajstić information content (AvgIpc) is 2.21. The summed E-state index contributed by atoms with van der Waals surface area (Å²) >= 11 is 5.97. The van der Waals surface area contributed by atoms with Crippen molar-refractivity contribution in [2.24, 2.45) is 11.8 Å². The first kappa shape index (κ1) is 10.8. The minimum Gasteiger partial charge on any atom is -0.385 e. The maximum Gasteiger partial charge on any atom is 0.0426 e. The van der Waals surface area contributed by atoms with Crippen molar-refractivity contribution >= 4 is 17.3 Å². The number of rotatable bonds is 3. The van der Waals surface area contributed by atoms with Gasteiger partial charge in [-0.05, 0) is 42.9 Å². The van der Waals surface area contributed by atoms with Gasteiger partial charge in [0.05, 0.1) is 0 Å². The van der Waals surface area contributed by atoms with Crippen molar-refractivity contribution in [3.8, 4) is 0 Å². The third kappa shape index (κ3) is 2.46. The van der Waals surface area contributed by atoms with Gasteiger partial charge in [-0.3, -0.25) is 0 Å². The summed E-state index contributed by atoms with van der Waals surface area (Å²) in [6.45, 7) is 5.53. The first-order valence-electron chi connectivity index (χ1n) is 5.67. The Morgan fingerprint density at radius 2 is 2.20 bits per heavy atom. The molecule has 0 saturated heterocycles. The fourth-order valence-electron chi connectivity index (χ4n) is 2.06. The van der Waals surface area contributed by atoms with Gasteiger partial charge < -0.3 is 5.32 Å². The standard InChI is InChI=1S/C13H18ClN/c1-9-3-5-11(9)8-15-13-7-12(14)6-4-10(13)2/h4,6-7,9,11,15H,3,5,8H2,1-2H3/t9-,11+/m1/s1. The summed E-state index contributed by atoms with van der Waals surface area (Å²) in [6.07, 6.45) is 2.76. The van der Waals surface area contributed by atoms with E-state index in [1.54, 1.807) is 0 Å². The van der Waals surface area contributed by atoms with Gasteiger partial charge in [-0.25, -0.2) is 0 Å². The minimum absolute atomic E-state index is 0.810. The molecule has 0 bridgehead atoms. The lowest BCUT2D eigenvalue weighted by Crippen LogP contribution is -2.29. The molecule has 0 spiro atoms. The molecule has 2 heteroatoms. The third-order valence-electron chi connectivity index (χ3n) is 3.55. The van der Waals surface area contributed by atoms with Crippen LogP contribution in [0.4, 0.5) is 5.69 Å². The number of nitrogens with one attached hydrogen (secondary N) is 1. The van der Waals surface area contributed by atoms with Crippen molar-refractivity contribution in [2.45, 2.75) is 26.7 Å². The van der Waals surface area contributed by atoms with Crippen molar-refractivity contribution in [3.05, 3.63) is 28.8 Å². The smallest absolute Gasteiger partial charge is 0.0426 e. The van der Waals surface area contributed by atoms with E-state index < -0.39 is 0 Å². The van der Waals surface area contributed by atoms with Crippen LogP contribution in [0.5, 0.6) is 0 Å². The van der Waals surface area contributed by atoms with E-state index in [0.29, 0.717) is 0 Å². The predicted molar refractivity (Wildman–Crippen MR) is 66.6 cm³/mol. The Hall–Kier alpha value is -0.690. The molecule has 1 fully saturated rings. The van der Waals surface area contributed by atoms with E-state index in [-0.39, 0.29) is 0 Å². The fraction of sp³-hybridized carbons (Fsp3) is 0.538. The van der Waals surface area contributed by atoms with Gasteiger partial charge in [-0.1, -0.05) is 31.0 Å². The van der Waals surface area contributed by atoms with Crippen molar-refractivity contribution < 1.29 is 0 Å². The average molecular weight is 224 g/mol. The molecule has 1 nitrogen and oxygen atoms in total. The minimum atomic E-state index is 0.810. The highest BCUT2D eigenvalue weighted by Gasteiger charge is 2.26. The fourth-order valence-corrected chi connectivity index (χ4v) is 2.24. The highest BCUT2D eigenvalue weighted by Crippen LogP contribution is 2.34. The van der Waals surface area contributed by atoms with Gasteiger partial charge in [0.15, 0.2) is 0 Å². The lowest BCUT2D eigenvalue weighted by atomic mass is 9.75. The normalized spacial score (nSPS) is 24.7. The molecule has 0 aliphatic heterocycles. The summed E-state index contributed by atoms with van der Waals surface area (Å²) in [7, 11) is 0. The monoisotopic (exact) mass is 223 g/mol. The molecule has 0 heterocycles. The van der Waals surface area contributed by atoms with Crippen LogP contribution in [0, 0.1) is 18.8 Å². The molecule has 15 heavy (non-hydrogen) atoms. The first-order chi connectivity index (χ1) is 7.16. The summed E-state index contributed by atoms with van der Waals surface area (Å²) in [4.78, 5) is 0. The lowest BCUT2D eigenvalue weighted by Gasteiger charge is -2.34. The second-order valence-electron chi connectivity index (χ2n) is 4.65. The Morgan fingerprint density at radius 1 is 1.40 bits per heavy atom. The molecular formula is C13H18ClN. The van der Waals surface area contributed by atoms with Crippen molar-refractivity contribution in [3.63, 3.8) is 0 Å². The highest BCUT2D eigenvalue weighted by molar-refractivity contribution is 6.30. The summed E-state index contributed by atoms with van der Waals surface area (Å²) < 4.78 is 0. The zero-order valence-corrected chi connectivity index (χ0v) is 10.1. The Morgan fingerprint density at radius 3 is 2.80 bits per heavy atom. The largest absolute Gasteiger partial charge is 0.385 e. The maximum absolute atomic E-state index is 5.97. The quantitative estimate of drug-likeness (QED) is 0.814. The zero-order chi connectivity index (χ0) is 10.8. The van der Waals surface area contributed by atoms with E-state index >= 15 is 0 Å². The summed E-state index contributed by atoms with van der Waals surface area (Å²) in [6, 6.07) is 6.02. The Kier molecular flexibility index (Phi) is 3.20. The van der Waals surface area contributed by atoms with E-state index in [4.69, 9.17) is 11.6 Å². The highest BCUT2D eigenvalue weighted by atomic mass is 35.5. The van der Waals surface area contributed by atoms with Crippen LogP contribution in [-0.4, -0.2) is 6.54 Å². The van der Waals surface area contributed by atoms with Crippen LogP contribution in [0.2, 0.25) is 5.02 Å². The van der Waals surface area contributed by atoms with E-state index in [2.05, 4.69) is 25.2 Å². The molecule has 1 aromatic rings. The van der Waals surface area contributed by atoms with Crippen LogP contribution in [0.25, 0.3) is 0 Å². The van der Waals surface area contributed by atoms with E-state index in [1.165, 1.54) is 24.1 Å². The van der Waals surface area contributed by atoms with Gasteiger partial charge in [0.1, 0.15) is 0 Å². The van der Waals surface area contributed by atoms with E-state index in [9.17, 15) is 0 Å². The van der Waals surface area contributed by atoms with Crippen LogP contribution in [0.3, 0.4) is 0 Å². The topological polar surface area (TPSA) is 12.0 Å². The van der Waals surface area contributed by atoms with Gasteiger partial charge in [-0.2, -0.15) is 0 Å². The SMILES string of the molecule is Cc1ccc(Cl)cc1NC[C@@H]1CC[C@H]1C. The number of halogens is 1. The van der Waals surface area contributed by atoms with Gasteiger partial charge in [0.25, 0.3) is 0 Å². The molecule has 1 aliphatic carbocycles. The number of hydrogen-bond donors (Lipinski definition) is 1. The van der Waals surface area contributed by atoms with Crippen LogP contribution in [0.1, 0.15) is 25.3 Å². The van der Waals surface area contributed by atoms with Crippen LogP contribution in [-0.2, 0) is 0 Å². The van der Waals surface area contributed by atoms with E-state index in [0.717, 1.165) is 23.4 Å². The first-order valence-corrected chi connectivity index (χ1v) is 6.04. The Bertz CT molecular complexity index is 348. The van der Waals surface area contributed by atoms with Crippen LogP contribution >= 0.6 is 11.6 Å². The molecule has 0 radical (unpaired) electrons. The molecule has 0 unspecified atom stereocenters. The summed E-state index contributed by atoms with van der Waals surface area (Å²) in [5, 5.41) is 4.31. The van der Waals surface area contributed by atoms with Crippen LogP contribution < -0.4 is 5.32 Å². The molecule has 1 saturated carbocycles. The van der Waals surface area contributed by atoms with Gasteiger partial charge in [0.2, 0.25) is 0 Å². The predicted octanol–water partition coefficient (Wildman–Crippen LogP) is 4.11. The molecule has 0 aromatic heterocycles. The molecule has 0 amide bonds. The summed E-state index contributed by atoms with van der Waals surface area (Å²) in [5.41, 5.74) is 2.45. The van der Waals surface area contributed by atoms with Crippen molar-refractivity contribution in [1.29, 1.82) is 0 Å². The molecule has 1 aromatic carbocycles. The number of hydrogen-bond acceptors (Lipinski definition) is 1. The third-order valence-corrected chi connectivity index (χ3v) is 3.79. The van der Waals surface area contributed by atoms with Crippen molar-refractivity contribution in [1.82, 2.24) is 0 Å². The van der Waals surface area contributed by atoms with Crippen molar-refractivity contribution in [2.75, 3.05) is 11.9 Å². The molecule has 82 valence electrons. The molecule has 1 N–H and O–H groups in total. The molecular weight excluding hydrogens is 206 g/mol. The van der Waals surface area contributed by atoms with E-state index in [1.807, 2.05) is 12.1 Å². The lowest BCUT2D eigenvalue weighted by molar-refractivity contribution is 0.210.